The molecule has 1 fully saturated rings. The number of anilines is 1. The fraction of sp³-hybridized carbons (Fsp3) is 0.300. The van der Waals surface area contributed by atoms with E-state index in [0.717, 1.165) is 16.4 Å². The van der Waals surface area contributed by atoms with Crippen LogP contribution < -0.4 is 4.90 Å². The Balaban J connectivity index is 1.40. The monoisotopic (exact) mass is 529 g/mol. The molecule has 1 aliphatic rings. The average molecular weight is 531 g/mol. The number of sulfone groups is 1. The molecular formula is C20H18BrClFN3O2S2. The van der Waals surface area contributed by atoms with Gasteiger partial charge < -0.3 is 4.90 Å². The molecule has 0 spiro atoms. The highest BCUT2D eigenvalue weighted by Gasteiger charge is 2.32. The molecule has 3 aromatic rings. The van der Waals surface area contributed by atoms with Crippen LogP contribution in [-0.2, 0) is 16.3 Å². The zero-order valence-corrected chi connectivity index (χ0v) is 19.7. The third-order valence-corrected chi connectivity index (χ3v) is 9.06. The standard InChI is InChI=1S/C20H18BrClFN3O2S2/c21-19-4-2-16(11-24-19)30(27,28)15-5-7-26(8-6-15)20-25-14(12-29-20)9-13-1-3-17(22)18(23)10-13/h1-4,10-12,15H,5-9H2. The second kappa shape index (κ2) is 8.90. The molecule has 158 valence electrons. The highest BCUT2D eigenvalue weighted by Crippen LogP contribution is 2.30. The van der Waals surface area contributed by atoms with Gasteiger partial charge in [-0.25, -0.2) is 22.8 Å². The smallest absolute Gasteiger partial charge is 0.185 e. The van der Waals surface area contributed by atoms with E-state index >= 15 is 0 Å². The SMILES string of the molecule is O=S(=O)(c1ccc(Br)nc1)C1CCN(c2nc(Cc3ccc(Cl)c(F)c3)cs2)CC1. The van der Waals surface area contributed by atoms with Crippen molar-refractivity contribution in [2.45, 2.75) is 29.4 Å². The Morgan fingerprint density at radius 2 is 2.00 bits per heavy atom. The van der Waals surface area contributed by atoms with Crippen LogP contribution in [0.2, 0.25) is 5.02 Å². The van der Waals surface area contributed by atoms with Crippen LogP contribution >= 0.6 is 38.9 Å². The van der Waals surface area contributed by atoms with Crippen molar-refractivity contribution < 1.29 is 12.8 Å². The summed E-state index contributed by atoms with van der Waals surface area (Å²) < 4.78 is 40.0. The molecule has 0 saturated carbocycles. The number of piperidine rings is 1. The summed E-state index contributed by atoms with van der Waals surface area (Å²) in [5.41, 5.74) is 1.66. The van der Waals surface area contributed by atoms with Crippen LogP contribution in [0.15, 0.2) is 51.4 Å². The van der Waals surface area contributed by atoms with Crippen molar-refractivity contribution in [3.63, 3.8) is 0 Å². The van der Waals surface area contributed by atoms with Gasteiger partial charge in [0.15, 0.2) is 15.0 Å². The molecule has 2 aromatic heterocycles. The average Bonchev–Trinajstić information content (AvgIpc) is 3.20. The summed E-state index contributed by atoms with van der Waals surface area (Å²) in [6.45, 7) is 1.24. The molecule has 30 heavy (non-hydrogen) atoms. The van der Waals surface area contributed by atoms with Crippen molar-refractivity contribution >= 4 is 53.8 Å². The number of pyridine rings is 1. The van der Waals surface area contributed by atoms with Gasteiger partial charge in [-0.3, -0.25) is 0 Å². The summed E-state index contributed by atoms with van der Waals surface area (Å²) in [5, 5.41) is 2.50. The Bertz CT molecular complexity index is 1150. The summed E-state index contributed by atoms with van der Waals surface area (Å²) in [5.74, 6) is -0.436. The maximum Gasteiger partial charge on any atom is 0.185 e. The lowest BCUT2D eigenvalue weighted by Gasteiger charge is -2.31. The number of thiazole rings is 1. The van der Waals surface area contributed by atoms with Crippen molar-refractivity contribution in [1.82, 2.24) is 9.97 Å². The van der Waals surface area contributed by atoms with Gasteiger partial charge in [0.1, 0.15) is 10.4 Å². The van der Waals surface area contributed by atoms with Crippen molar-refractivity contribution in [3.8, 4) is 0 Å². The van der Waals surface area contributed by atoms with Crippen molar-refractivity contribution in [3.05, 3.63) is 68.6 Å². The molecule has 3 heterocycles. The van der Waals surface area contributed by atoms with E-state index in [4.69, 9.17) is 11.6 Å². The predicted molar refractivity (Wildman–Crippen MR) is 121 cm³/mol. The molecular weight excluding hydrogens is 513 g/mol. The summed E-state index contributed by atoms with van der Waals surface area (Å²) in [6, 6.07) is 8.00. The minimum atomic E-state index is -3.40. The maximum absolute atomic E-state index is 13.6. The molecule has 1 aromatic carbocycles. The lowest BCUT2D eigenvalue weighted by atomic mass is 10.1. The number of benzene rings is 1. The van der Waals surface area contributed by atoms with Crippen LogP contribution in [-0.4, -0.2) is 36.7 Å². The van der Waals surface area contributed by atoms with Gasteiger partial charge in [0.05, 0.1) is 20.9 Å². The Labute approximate surface area is 192 Å². The number of hydrogen-bond donors (Lipinski definition) is 0. The third kappa shape index (κ3) is 4.69. The van der Waals surface area contributed by atoms with E-state index in [0.29, 0.717) is 37.0 Å². The first-order chi connectivity index (χ1) is 14.3. The first-order valence-electron chi connectivity index (χ1n) is 9.31. The minimum absolute atomic E-state index is 0.106. The van der Waals surface area contributed by atoms with E-state index in [1.54, 1.807) is 24.3 Å². The van der Waals surface area contributed by atoms with Crippen molar-refractivity contribution in [2.24, 2.45) is 0 Å². The zero-order valence-electron chi connectivity index (χ0n) is 15.8. The fourth-order valence-corrected chi connectivity index (χ4v) is 6.37. The number of aromatic nitrogens is 2. The van der Waals surface area contributed by atoms with Gasteiger partial charge in [0.25, 0.3) is 0 Å². The number of nitrogens with zero attached hydrogens (tertiary/aromatic N) is 3. The van der Waals surface area contributed by atoms with Gasteiger partial charge in [-0.05, 0) is 58.6 Å². The van der Waals surface area contributed by atoms with E-state index in [9.17, 15) is 12.8 Å². The van der Waals surface area contributed by atoms with Gasteiger partial charge in [0.2, 0.25) is 0 Å². The molecule has 0 radical (unpaired) electrons. The summed E-state index contributed by atoms with van der Waals surface area (Å²) >= 11 is 10.5. The predicted octanol–water partition coefficient (Wildman–Crippen LogP) is 5.13. The van der Waals surface area contributed by atoms with Crippen molar-refractivity contribution in [2.75, 3.05) is 18.0 Å². The fourth-order valence-electron chi connectivity index (χ4n) is 3.46. The zero-order chi connectivity index (χ0) is 21.3. The Morgan fingerprint density at radius 3 is 2.67 bits per heavy atom. The van der Waals surface area contributed by atoms with E-state index in [2.05, 4.69) is 30.8 Å². The Hall–Kier alpha value is -1.55. The lowest BCUT2D eigenvalue weighted by molar-refractivity contribution is 0.529. The summed E-state index contributed by atoms with van der Waals surface area (Å²) in [4.78, 5) is 11.1. The Kier molecular flexibility index (Phi) is 6.43. The van der Waals surface area contributed by atoms with Crippen LogP contribution in [0.4, 0.5) is 9.52 Å². The topological polar surface area (TPSA) is 63.2 Å². The van der Waals surface area contributed by atoms with Gasteiger partial charge in [-0.2, -0.15) is 0 Å². The summed E-state index contributed by atoms with van der Waals surface area (Å²) in [6.07, 6.45) is 3.00. The van der Waals surface area contributed by atoms with Crippen LogP contribution in [0.25, 0.3) is 0 Å². The molecule has 0 aliphatic carbocycles. The van der Waals surface area contributed by atoms with Gasteiger partial charge in [0, 0.05) is 31.1 Å². The minimum Gasteiger partial charge on any atom is -0.348 e. The molecule has 4 rings (SSSR count). The molecule has 0 unspecified atom stereocenters. The Morgan fingerprint density at radius 1 is 1.23 bits per heavy atom. The molecule has 0 atom stereocenters. The molecule has 1 aliphatic heterocycles. The van der Waals surface area contributed by atoms with E-state index < -0.39 is 20.9 Å². The molecule has 0 bridgehead atoms. The van der Waals surface area contributed by atoms with E-state index in [-0.39, 0.29) is 9.92 Å². The van der Waals surface area contributed by atoms with Crippen LogP contribution in [0.5, 0.6) is 0 Å². The van der Waals surface area contributed by atoms with Gasteiger partial charge >= 0.3 is 0 Å². The van der Waals surface area contributed by atoms with Crippen molar-refractivity contribution in [1.29, 1.82) is 0 Å². The number of hydrogen-bond acceptors (Lipinski definition) is 6. The highest BCUT2D eigenvalue weighted by atomic mass is 79.9. The van der Waals surface area contributed by atoms with Crippen LogP contribution in [0.3, 0.4) is 0 Å². The molecule has 1 saturated heterocycles. The van der Waals surface area contributed by atoms with Crippen LogP contribution in [0.1, 0.15) is 24.1 Å². The van der Waals surface area contributed by atoms with Gasteiger partial charge in [-0.1, -0.05) is 17.7 Å². The second-order valence-electron chi connectivity index (χ2n) is 7.09. The number of halogens is 3. The largest absolute Gasteiger partial charge is 0.348 e. The first-order valence-corrected chi connectivity index (χ1v) is 12.9. The first kappa shape index (κ1) is 21.7. The quantitative estimate of drug-likeness (QED) is 0.428. The number of rotatable bonds is 5. The summed E-state index contributed by atoms with van der Waals surface area (Å²) in [7, 11) is -3.40. The second-order valence-corrected chi connectivity index (χ2v) is 11.4. The molecule has 5 nitrogen and oxygen atoms in total. The normalized spacial score (nSPS) is 15.5. The molecule has 0 N–H and O–H groups in total. The van der Waals surface area contributed by atoms with E-state index in [1.165, 1.54) is 23.6 Å². The third-order valence-electron chi connectivity index (χ3n) is 5.09. The van der Waals surface area contributed by atoms with Crippen LogP contribution in [0, 0.1) is 5.82 Å². The lowest BCUT2D eigenvalue weighted by Crippen LogP contribution is -2.39. The molecule has 10 heteroatoms. The van der Waals surface area contributed by atoms with E-state index in [1.807, 2.05) is 5.38 Å². The van der Waals surface area contributed by atoms with Gasteiger partial charge in [-0.15, -0.1) is 11.3 Å². The highest BCUT2D eigenvalue weighted by molar-refractivity contribution is 9.10. The maximum atomic E-state index is 13.6. The molecule has 0 amide bonds.